The van der Waals surface area contributed by atoms with Crippen LogP contribution in [0, 0.1) is 26.6 Å². The van der Waals surface area contributed by atoms with Crippen LogP contribution in [0.5, 0.6) is 0 Å². The topological polar surface area (TPSA) is 75.8 Å². The van der Waals surface area contributed by atoms with Crippen molar-refractivity contribution in [2.24, 2.45) is 0 Å². The number of nitrogens with two attached hydrogens (primary N) is 1. The predicted octanol–water partition coefficient (Wildman–Crippen LogP) is 7.84. The van der Waals surface area contributed by atoms with Crippen LogP contribution >= 0.6 is 0 Å². The number of nitrogens with zero attached hydrogens (tertiary/aromatic N) is 4. The monoisotopic (exact) mass is 542 g/mol. The van der Waals surface area contributed by atoms with Gasteiger partial charge in [-0.1, -0.05) is 45.2 Å². The second-order valence-corrected chi connectivity index (χ2v) is 9.26. The van der Waals surface area contributed by atoms with Gasteiger partial charge in [-0.2, -0.15) is 0 Å². The quantitative estimate of drug-likeness (QED) is 0.270. The van der Waals surface area contributed by atoms with Gasteiger partial charge in [0, 0.05) is 60.3 Å². The maximum absolute atomic E-state index is 16.2. The number of rotatable bonds is 9. The van der Waals surface area contributed by atoms with E-state index in [-0.39, 0.29) is 11.4 Å². The standard InChI is InChI=1S/C31H37FN6.C2H6/c1-10-13-14-26(38-17-19(4)35-18-38)27-20(5)30(36-22(27)7)21(6)28-29(32)25(16-34-31(28)33)23(11-2)15-24(12-3)37(8)9;1-2/h10-18,36H,3,6H2,1-2,4-5,7-9H3,(H2,33,34);1-2H3/b13-10-,23-11+,24-15+,26-14+;. The van der Waals surface area contributed by atoms with Gasteiger partial charge in [-0.05, 0) is 64.0 Å². The van der Waals surface area contributed by atoms with Crippen LogP contribution in [-0.4, -0.2) is 38.5 Å². The Kier molecular flexibility index (Phi) is 11.2. The number of hydrogen-bond acceptors (Lipinski definition) is 4. The number of nitrogens with one attached hydrogen (secondary N) is 1. The lowest BCUT2D eigenvalue weighted by molar-refractivity contribution is 0.530. The van der Waals surface area contributed by atoms with Gasteiger partial charge in [0.05, 0.1) is 23.3 Å². The highest BCUT2D eigenvalue weighted by molar-refractivity contribution is 5.88. The minimum absolute atomic E-state index is 0.0790. The van der Waals surface area contributed by atoms with Gasteiger partial charge in [-0.15, -0.1) is 0 Å². The first-order valence-electron chi connectivity index (χ1n) is 13.4. The molecule has 0 atom stereocenters. The molecule has 0 bridgehead atoms. The fourth-order valence-corrected chi connectivity index (χ4v) is 4.44. The maximum Gasteiger partial charge on any atom is 0.144 e. The van der Waals surface area contributed by atoms with Crippen molar-refractivity contribution in [3.8, 4) is 0 Å². The molecule has 0 aromatic carbocycles. The third-order valence-electron chi connectivity index (χ3n) is 6.43. The van der Waals surface area contributed by atoms with Crippen LogP contribution < -0.4 is 5.73 Å². The zero-order valence-electron chi connectivity index (χ0n) is 25.4. The first-order chi connectivity index (χ1) is 19.0. The van der Waals surface area contributed by atoms with E-state index in [0.29, 0.717) is 22.4 Å². The molecule has 0 spiro atoms. The summed E-state index contributed by atoms with van der Waals surface area (Å²) in [6.45, 7) is 21.9. The van der Waals surface area contributed by atoms with Gasteiger partial charge >= 0.3 is 0 Å². The molecule has 3 N–H and O–H groups in total. The summed E-state index contributed by atoms with van der Waals surface area (Å²) >= 11 is 0. The number of hydrogen-bond donors (Lipinski definition) is 2. The largest absolute Gasteiger partial charge is 0.383 e. The van der Waals surface area contributed by atoms with Gasteiger partial charge in [0.2, 0.25) is 0 Å². The molecule has 6 nitrogen and oxygen atoms in total. The number of anilines is 1. The molecule has 3 rings (SSSR count). The average Bonchev–Trinajstić information content (AvgIpc) is 3.49. The van der Waals surface area contributed by atoms with Crippen LogP contribution in [0.2, 0.25) is 0 Å². The summed E-state index contributed by atoms with van der Waals surface area (Å²) < 4.78 is 18.1. The smallest absolute Gasteiger partial charge is 0.144 e. The molecule has 0 aliphatic carbocycles. The predicted molar refractivity (Wildman–Crippen MR) is 169 cm³/mol. The second-order valence-electron chi connectivity index (χ2n) is 9.26. The van der Waals surface area contributed by atoms with Crippen LogP contribution in [0.3, 0.4) is 0 Å². The van der Waals surface area contributed by atoms with E-state index >= 15 is 4.39 Å². The number of aromatic amines is 1. The molecule has 0 radical (unpaired) electrons. The van der Waals surface area contributed by atoms with Crippen molar-refractivity contribution >= 4 is 22.7 Å². The fourth-order valence-electron chi connectivity index (χ4n) is 4.44. The van der Waals surface area contributed by atoms with Gasteiger partial charge in [-0.3, -0.25) is 0 Å². The number of aryl methyl sites for hydroxylation is 2. The zero-order chi connectivity index (χ0) is 30.1. The van der Waals surface area contributed by atoms with Crippen molar-refractivity contribution in [3.63, 3.8) is 0 Å². The first-order valence-corrected chi connectivity index (χ1v) is 13.4. The van der Waals surface area contributed by atoms with Crippen LogP contribution in [0.15, 0.2) is 74.0 Å². The second kappa shape index (κ2) is 14.1. The molecule has 0 saturated heterocycles. The molecule has 0 fully saturated rings. The lowest BCUT2D eigenvalue weighted by Crippen LogP contribution is -2.10. The molecule has 0 saturated carbocycles. The van der Waals surface area contributed by atoms with Gasteiger partial charge in [0.25, 0.3) is 0 Å². The van der Waals surface area contributed by atoms with Gasteiger partial charge in [-0.25, -0.2) is 14.4 Å². The third-order valence-corrected chi connectivity index (χ3v) is 6.43. The number of H-pyrrole nitrogens is 1. The van der Waals surface area contributed by atoms with E-state index < -0.39 is 5.82 Å². The fraction of sp³-hybridized carbons (Fsp3) is 0.273. The summed E-state index contributed by atoms with van der Waals surface area (Å²) in [6, 6.07) is 0. The van der Waals surface area contributed by atoms with Gasteiger partial charge < -0.3 is 20.2 Å². The average molecular weight is 543 g/mol. The van der Waals surface area contributed by atoms with Crippen LogP contribution in [0.25, 0.3) is 16.8 Å². The van der Waals surface area contributed by atoms with Crippen molar-refractivity contribution in [1.29, 1.82) is 0 Å². The lowest BCUT2D eigenvalue weighted by Gasteiger charge is -2.17. The number of allylic oxidation sites excluding steroid dienone is 7. The van der Waals surface area contributed by atoms with Crippen LogP contribution in [-0.2, 0) is 0 Å². The molecule has 40 heavy (non-hydrogen) atoms. The summed E-state index contributed by atoms with van der Waals surface area (Å²) in [7, 11) is 3.81. The van der Waals surface area contributed by atoms with E-state index in [9.17, 15) is 0 Å². The van der Waals surface area contributed by atoms with E-state index in [1.54, 1.807) is 12.4 Å². The van der Waals surface area contributed by atoms with Crippen LogP contribution in [0.1, 0.15) is 67.0 Å². The number of aromatic nitrogens is 4. The van der Waals surface area contributed by atoms with Gasteiger partial charge in [0.15, 0.2) is 0 Å². The number of nitrogen functional groups attached to an aromatic ring is 1. The van der Waals surface area contributed by atoms with Crippen molar-refractivity contribution in [1.82, 2.24) is 24.4 Å². The first kappa shape index (κ1) is 31.8. The Morgan fingerprint density at radius 2 is 1.80 bits per heavy atom. The Morgan fingerprint density at radius 1 is 1.12 bits per heavy atom. The Bertz CT molecular complexity index is 1490. The molecule has 7 heteroatoms. The van der Waals surface area contributed by atoms with Crippen LogP contribution in [0.4, 0.5) is 10.2 Å². The Morgan fingerprint density at radius 3 is 2.33 bits per heavy atom. The number of likely N-dealkylation sites (N-methyl/N-ethyl adjacent to an activating group) is 1. The van der Waals surface area contributed by atoms with Crippen molar-refractivity contribution < 1.29 is 4.39 Å². The molecule has 3 heterocycles. The normalized spacial score (nSPS) is 12.4. The third kappa shape index (κ3) is 6.60. The summed E-state index contributed by atoms with van der Waals surface area (Å²) in [5, 5.41) is 0. The Hall–Kier alpha value is -4.39. The number of pyridine rings is 1. The van der Waals surface area contributed by atoms with E-state index in [4.69, 9.17) is 5.73 Å². The zero-order valence-corrected chi connectivity index (χ0v) is 25.4. The molecule has 212 valence electrons. The summed E-state index contributed by atoms with van der Waals surface area (Å²) in [4.78, 5) is 14.1. The number of halogens is 1. The minimum Gasteiger partial charge on any atom is -0.383 e. The molecular formula is C33H43FN6. The van der Waals surface area contributed by atoms with E-state index in [0.717, 1.165) is 33.9 Å². The molecule has 0 aliphatic rings. The molecular weight excluding hydrogens is 499 g/mol. The van der Waals surface area contributed by atoms with Crippen molar-refractivity contribution in [2.45, 2.75) is 48.5 Å². The van der Waals surface area contributed by atoms with Crippen molar-refractivity contribution in [2.75, 3.05) is 19.8 Å². The van der Waals surface area contributed by atoms with Crippen molar-refractivity contribution in [3.05, 3.63) is 119 Å². The summed E-state index contributed by atoms with van der Waals surface area (Å²) in [5.41, 5.74) is 14.1. The lowest BCUT2D eigenvalue weighted by atomic mass is 9.95. The maximum atomic E-state index is 16.2. The molecule has 3 aromatic rings. The number of imidazole rings is 1. The van der Waals surface area contributed by atoms with E-state index in [1.165, 1.54) is 6.20 Å². The van der Waals surface area contributed by atoms with Gasteiger partial charge in [0.1, 0.15) is 11.6 Å². The summed E-state index contributed by atoms with van der Waals surface area (Å²) in [5.74, 6) is -0.396. The Balaban J connectivity index is 0.00000274. The SMILES string of the molecule is C=C/C(=C\C(=C/C)c1cnc(N)c(C(=C)c2[nH]c(C)c(/C(=C\C=C/C)n3cnc(C)c3)c2C)c1F)N(C)C.CC. The molecule has 3 aromatic heterocycles. The Labute approximate surface area is 238 Å². The van der Waals surface area contributed by atoms with E-state index in [2.05, 4.69) is 28.1 Å². The highest BCUT2D eigenvalue weighted by atomic mass is 19.1. The molecule has 0 unspecified atom stereocenters. The molecule has 0 amide bonds. The summed E-state index contributed by atoms with van der Waals surface area (Å²) in [6.07, 6.45) is 16.6. The van der Waals surface area contributed by atoms with E-state index in [1.807, 2.05) is 109 Å². The highest BCUT2D eigenvalue weighted by Gasteiger charge is 2.24. The molecule has 0 aliphatic heterocycles. The minimum atomic E-state index is -0.475. The highest BCUT2D eigenvalue weighted by Crippen LogP contribution is 2.37.